The maximum atomic E-state index is 12.3. The van der Waals surface area contributed by atoms with Gasteiger partial charge in [-0.05, 0) is 37.0 Å². The third-order valence-electron chi connectivity index (χ3n) is 3.87. The molecule has 0 spiro atoms. The molecule has 1 aromatic carbocycles. The molecule has 1 aromatic rings. The van der Waals surface area contributed by atoms with Crippen LogP contribution in [0.2, 0.25) is 0 Å². The molecule has 3 rings (SSSR count). The van der Waals surface area contributed by atoms with Gasteiger partial charge in [-0.15, -0.1) is 0 Å². The van der Waals surface area contributed by atoms with E-state index >= 15 is 0 Å². The van der Waals surface area contributed by atoms with Gasteiger partial charge in [-0.1, -0.05) is 0 Å². The van der Waals surface area contributed by atoms with E-state index in [4.69, 9.17) is 5.73 Å². The molecule has 0 unspecified atom stereocenters. The van der Waals surface area contributed by atoms with Gasteiger partial charge < -0.3 is 15.9 Å². The number of nitrogen functional groups attached to an aromatic ring is 1. The minimum absolute atomic E-state index is 0.0269. The number of anilines is 1. The molecule has 0 radical (unpaired) electrons. The summed E-state index contributed by atoms with van der Waals surface area (Å²) in [6, 6.07) is 3.81. The van der Waals surface area contributed by atoms with Crippen molar-refractivity contribution < 1.29 is 18.6 Å². The molecular formula is C12H16N2O4S. The molecular weight excluding hydrogens is 268 g/mol. The lowest BCUT2D eigenvalue weighted by atomic mass is 9.91. The summed E-state index contributed by atoms with van der Waals surface area (Å²) in [5, 5.41) is 19.5. The minimum atomic E-state index is -3.64. The number of benzene rings is 1. The number of aliphatic hydroxyl groups is 1. The van der Waals surface area contributed by atoms with Crippen molar-refractivity contribution in [2.75, 3.05) is 18.8 Å². The Morgan fingerprint density at radius 2 is 1.95 bits per heavy atom. The number of phenols is 1. The smallest absolute Gasteiger partial charge is 0.243 e. The molecule has 0 bridgehead atoms. The third kappa shape index (κ3) is 1.98. The molecule has 19 heavy (non-hydrogen) atoms. The predicted octanol–water partition coefficient (Wildman–Crippen LogP) is 0.120. The fourth-order valence-electron chi connectivity index (χ4n) is 2.46. The zero-order chi connectivity index (χ0) is 13.8. The Balaban J connectivity index is 1.82. The lowest BCUT2D eigenvalue weighted by molar-refractivity contribution is -0.0764. The van der Waals surface area contributed by atoms with Gasteiger partial charge in [0.1, 0.15) is 5.75 Å². The monoisotopic (exact) mass is 284 g/mol. The number of aromatic hydroxyl groups is 1. The average Bonchev–Trinajstić information content (AvgIpc) is 3.12. The van der Waals surface area contributed by atoms with Crippen molar-refractivity contribution in [3.05, 3.63) is 18.2 Å². The van der Waals surface area contributed by atoms with Crippen LogP contribution in [0.1, 0.15) is 12.8 Å². The van der Waals surface area contributed by atoms with Gasteiger partial charge in [0.15, 0.2) is 0 Å². The van der Waals surface area contributed by atoms with Gasteiger partial charge in [-0.2, -0.15) is 4.31 Å². The van der Waals surface area contributed by atoms with E-state index < -0.39 is 15.6 Å². The summed E-state index contributed by atoms with van der Waals surface area (Å²) in [5.41, 5.74) is 4.68. The van der Waals surface area contributed by atoms with Crippen molar-refractivity contribution in [1.29, 1.82) is 0 Å². The largest absolute Gasteiger partial charge is 0.506 e. The lowest BCUT2D eigenvalue weighted by Crippen LogP contribution is -2.64. The SMILES string of the molecule is Nc1cc(S(=O)(=O)N2CC(O)(C3CC3)C2)ccc1O. The first-order valence-corrected chi connectivity index (χ1v) is 7.58. The summed E-state index contributed by atoms with van der Waals surface area (Å²) in [4.78, 5) is 0.0423. The molecule has 104 valence electrons. The maximum Gasteiger partial charge on any atom is 0.243 e. The Labute approximate surface area is 111 Å². The van der Waals surface area contributed by atoms with Crippen molar-refractivity contribution in [3.8, 4) is 5.75 Å². The topological polar surface area (TPSA) is 104 Å². The Bertz CT molecular complexity index is 619. The summed E-state index contributed by atoms with van der Waals surface area (Å²) in [5.74, 6) is 0.0980. The number of hydrogen-bond acceptors (Lipinski definition) is 5. The number of phenolic OH excluding ortho intramolecular Hbond substituents is 1. The molecule has 0 aromatic heterocycles. The van der Waals surface area contributed by atoms with Crippen LogP contribution >= 0.6 is 0 Å². The number of hydrogen-bond donors (Lipinski definition) is 3. The van der Waals surface area contributed by atoms with E-state index in [9.17, 15) is 18.6 Å². The highest BCUT2D eigenvalue weighted by Gasteiger charge is 2.55. The number of nitrogens with two attached hydrogens (primary N) is 1. The van der Waals surface area contributed by atoms with Crippen LogP contribution in [-0.2, 0) is 10.0 Å². The van der Waals surface area contributed by atoms with E-state index in [0.717, 1.165) is 12.8 Å². The molecule has 1 saturated carbocycles. The minimum Gasteiger partial charge on any atom is -0.506 e. The van der Waals surface area contributed by atoms with Crippen LogP contribution in [0.25, 0.3) is 0 Å². The lowest BCUT2D eigenvalue weighted by Gasteiger charge is -2.45. The highest BCUT2D eigenvalue weighted by molar-refractivity contribution is 7.89. The Kier molecular flexibility index (Phi) is 2.57. The highest BCUT2D eigenvalue weighted by Crippen LogP contribution is 2.46. The number of nitrogens with zero attached hydrogens (tertiary/aromatic N) is 1. The van der Waals surface area contributed by atoms with E-state index in [1.165, 1.54) is 22.5 Å². The van der Waals surface area contributed by atoms with Crippen LogP contribution in [0.3, 0.4) is 0 Å². The van der Waals surface area contributed by atoms with Gasteiger partial charge in [0.2, 0.25) is 10.0 Å². The molecule has 0 atom stereocenters. The van der Waals surface area contributed by atoms with Crippen molar-refractivity contribution in [1.82, 2.24) is 4.31 Å². The number of β-amino-alcohol motifs (C(OH)–C–C–N with tert-alkyl or cyclic N) is 1. The predicted molar refractivity (Wildman–Crippen MR) is 69.0 cm³/mol. The molecule has 1 aliphatic carbocycles. The fourth-order valence-corrected chi connectivity index (χ4v) is 4.06. The molecule has 1 saturated heterocycles. The molecule has 1 aliphatic heterocycles. The Hall–Kier alpha value is -1.31. The zero-order valence-corrected chi connectivity index (χ0v) is 11.1. The number of rotatable bonds is 3. The van der Waals surface area contributed by atoms with E-state index in [-0.39, 0.29) is 35.3 Å². The van der Waals surface area contributed by atoms with Crippen LogP contribution in [0.4, 0.5) is 5.69 Å². The van der Waals surface area contributed by atoms with Gasteiger partial charge in [0.05, 0.1) is 16.2 Å². The Morgan fingerprint density at radius 3 is 2.47 bits per heavy atom. The molecule has 1 heterocycles. The standard InChI is InChI=1S/C12H16N2O4S/c13-10-5-9(3-4-11(10)15)19(17,18)14-6-12(16,7-14)8-1-2-8/h3-5,8,15-16H,1-2,6-7,13H2. The molecule has 2 fully saturated rings. The van der Waals surface area contributed by atoms with E-state index in [0.29, 0.717) is 0 Å². The second kappa shape index (κ2) is 3.84. The van der Waals surface area contributed by atoms with Crippen molar-refractivity contribution in [3.63, 3.8) is 0 Å². The van der Waals surface area contributed by atoms with Crippen LogP contribution in [0, 0.1) is 5.92 Å². The molecule has 4 N–H and O–H groups in total. The van der Waals surface area contributed by atoms with Gasteiger partial charge in [-0.25, -0.2) is 8.42 Å². The summed E-state index contributed by atoms with van der Waals surface area (Å²) in [6.07, 6.45) is 1.94. The first kappa shape index (κ1) is 12.7. The molecule has 0 amide bonds. The second-order valence-corrected chi connectivity index (χ2v) is 7.31. The molecule has 7 heteroatoms. The van der Waals surface area contributed by atoms with Crippen LogP contribution in [0.15, 0.2) is 23.1 Å². The first-order chi connectivity index (χ1) is 8.83. The van der Waals surface area contributed by atoms with Gasteiger partial charge in [0.25, 0.3) is 0 Å². The van der Waals surface area contributed by atoms with E-state index in [1.807, 2.05) is 0 Å². The quantitative estimate of drug-likeness (QED) is 0.540. The average molecular weight is 284 g/mol. The van der Waals surface area contributed by atoms with Gasteiger partial charge in [0, 0.05) is 13.1 Å². The normalized spacial score (nSPS) is 23.0. The van der Waals surface area contributed by atoms with Crippen molar-refractivity contribution >= 4 is 15.7 Å². The second-order valence-electron chi connectivity index (χ2n) is 5.37. The molecule has 6 nitrogen and oxygen atoms in total. The fraction of sp³-hybridized carbons (Fsp3) is 0.500. The highest BCUT2D eigenvalue weighted by atomic mass is 32.2. The van der Waals surface area contributed by atoms with Crippen LogP contribution in [0.5, 0.6) is 5.75 Å². The summed E-state index contributed by atoms with van der Waals surface area (Å²) in [6.45, 7) is 0.279. The Morgan fingerprint density at radius 1 is 1.32 bits per heavy atom. The van der Waals surface area contributed by atoms with Crippen LogP contribution in [-0.4, -0.2) is 41.6 Å². The number of sulfonamides is 1. The summed E-state index contributed by atoms with van der Waals surface area (Å²) >= 11 is 0. The molecule has 2 aliphatic rings. The van der Waals surface area contributed by atoms with Gasteiger partial charge in [-0.3, -0.25) is 0 Å². The van der Waals surface area contributed by atoms with E-state index in [1.54, 1.807) is 0 Å². The van der Waals surface area contributed by atoms with E-state index in [2.05, 4.69) is 0 Å². The zero-order valence-electron chi connectivity index (χ0n) is 10.3. The first-order valence-electron chi connectivity index (χ1n) is 6.14. The van der Waals surface area contributed by atoms with Crippen molar-refractivity contribution in [2.24, 2.45) is 5.92 Å². The van der Waals surface area contributed by atoms with Gasteiger partial charge >= 0.3 is 0 Å². The maximum absolute atomic E-state index is 12.3. The summed E-state index contributed by atoms with van der Waals surface area (Å²) in [7, 11) is -3.64. The van der Waals surface area contributed by atoms with Crippen molar-refractivity contribution in [2.45, 2.75) is 23.3 Å². The summed E-state index contributed by atoms with van der Waals surface area (Å²) < 4.78 is 25.8. The third-order valence-corrected chi connectivity index (χ3v) is 5.66. The van der Waals surface area contributed by atoms with Crippen LogP contribution < -0.4 is 5.73 Å².